The van der Waals surface area contributed by atoms with Crippen LogP contribution < -0.4 is 0 Å². The first kappa shape index (κ1) is 22.0. The number of nitro groups is 1. The molecule has 0 saturated heterocycles. The molecule has 7 heteroatoms. The number of benzene rings is 1. The Bertz CT molecular complexity index is 993. The summed E-state index contributed by atoms with van der Waals surface area (Å²) in [6, 6.07) is 3.17. The Kier molecular flexibility index (Phi) is 6.01. The molecule has 1 aliphatic rings. The van der Waals surface area contributed by atoms with Crippen molar-refractivity contribution in [3.63, 3.8) is 0 Å². The van der Waals surface area contributed by atoms with E-state index >= 15 is 0 Å². The number of fused-ring (bicyclic) bond motifs is 1. The van der Waals surface area contributed by atoms with Crippen LogP contribution in [0.1, 0.15) is 74.7 Å². The van der Waals surface area contributed by atoms with Gasteiger partial charge in [-0.2, -0.15) is 0 Å². The lowest BCUT2D eigenvalue weighted by Crippen LogP contribution is -2.26. The lowest BCUT2D eigenvalue weighted by atomic mass is 9.87. The van der Waals surface area contributed by atoms with Gasteiger partial charge in [-0.15, -0.1) is 0 Å². The van der Waals surface area contributed by atoms with Gasteiger partial charge in [0.05, 0.1) is 23.5 Å². The van der Waals surface area contributed by atoms with Crippen molar-refractivity contribution in [2.45, 2.75) is 65.7 Å². The first-order valence-electron chi connectivity index (χ1n) is 10.5. The maximum Gasteiger partial charge on any atom is 0.313 e. The SMILES string of the molecule is COC(=O)C(CC1CCCC1)c1cn(C(=O)C(C)(C)C)c2cc([N+](=O)[O-])c(C)cc12. The van der Waals surface area contributed by atoms with E-state index in [1.54, 1.807) is 40.0 Å². The summed E-state index contributed by atoms with van der Waals surface area (Å²) in [6.07, 6.45) is 6.83. The highest BCUT2D eigenvalue weighted by Crippen LogP contribution is 2.40. The summed E-state index contributed by atoms with van der Waals surface area (Å²) in [5, 5.41) is 12.2. The van der Waals surface area contributed by atoms with Gasteiger partial charge in [0.15, 0.2) is 0 Å². The summed E-state index contributed by atoms with van der Waals surface area (Å²) in [5.41, 5.74) is 0.941. The minimum atomic E-state index is -0.685. The molecule has 1 saturated carbocycles. The van der Waals surface area contributed by atoms with E-state index in [2.05, 4.69) is 0 Å². The molecule has 1 unspecified atom stereocenters. The predicted molar refractivity (Wildman–Crippen MR) is 115 cm³/mol. The summed E-state index contributed by atoms with van der Waals surface area (Å²) < 4.78 is 6.59. The minimum absolute atomic E-state index is 0.0412. The molecule has 1 fully saturated rings. The zero-order valence-corrected chi connectivity index (χ0v) is 18.4. The van der Waals surface area contributed by atoms with Crippen LogP contribution in [-0.4, -0.2) is 28.5 Å². The average molecular weight is 415 g/mol. The molecule has 0 spiro atoms. The van der Waals surface area contributed by atoms with Gasteiger partial charge in [0.1, 0.15) is 0 Å². The fourth-order valence-electron chi connectivity index (χ4n) is 4.47. The van der Waals surface area contributed by atoms with Crippen molar-refractivity contribution >= 4 is 28.5 Å². The second kappa shape index (κ2) is 8.20. The van der Waals surface area contributed by atoms with E-state index in [4.69, 9.17) is 4.74 Å². The summed E-state index contributed by atoms with van der Waals surface area (Å²) in [4.78, 5) is 37.0. The summed E-state index contributed by atoms with van der Waals surface area (Å²) in [7, 11) is 1.37. The number of rotatable bonds is 5. The van der Waals surface area contributed by atoms with Gasteiger partial charge in [0.2, 0.25) is 5.91 Å². The van der Waals surface area contributed by atoms with Gasteiger partial charge in [-0.25, -0.2) is 0 Å². The highest BCUT2D eigenvalue weighted by molar-refractivity contribution is 5.99. The number of hydrogen-bond acceptors (Lipinski definition) is 5. The molecule has 1 aromatic carbocycles. The molecule has 1 heterocycles. The van der Waals surface area contributed by atoms with Gasteiger partial charge in [-0.1, -0.05) is 46.5 Å². The highest BCUT2D eigenvalue weighted by atomic mass is 16.6. The summed E-state index contributed by atoms with van der Waals surface area (Å²) in [5.74, 6) is -0.581. The predicted octanol–water partition coefficient (Wildman–Crippen LogP) is 5.38. The Labute approximate surface area is 176 Å². The second-order valence-corrected chi connectivity index (χ2v) is 9.38. The van der Waals surface area contributed by atoms with Gasteiger partial charge in [0, 0.05) is 28.6 Å². The van der Waals surface area contributed by atoms with Crippen LogP contribution in [0.15, 0.2) is 18.3 Å². The monoisotopic (exact) mass is 414 g/mol. The summed E-state index contributed by atoms with van der Waals surface area (Å²) >= 11 is 0. The van der Waals surface area contributed by atoms with Crippen LogP contribution >= 0.6 is 0 Å². The van der Waals surface area contributed by atoms with Crippen LogP contribution in [0, 0.1) is 28.4 Å². The van der Waals surface area contributed by atoms with Crippen LogP contribution in [0.25, 0.3) is 10.9 Å². The Balaban J connectivity index is 2.23. The van der Waals surface area contributed by atoms with E-state index in [9.17, 15) is 19.7 Å². The highest BCUT2D eigenvalue weighted by Gasteiger charge is 2.33. The molecule has 1 atom stereocenters. The van der Waals surface area contributed by atoms with Crippen molar-refractivity contribution in [1.82, 2.24) is 4.57 Å². The second-order valence-electron chi connectivity index (χ2n) is 9.38. The lowest BCUT2D eigenvalue weighted by molar-refractivity contribution is -0.385. The molecule has 0 radical (unpaired) electrons. The number of nitrogens with zero attached hydrogens (tertiary/aromatic N) is 2. The number of carbonyl (C=O) groups excluding carboxylic acids is 2. The molecule has 1 aromatic heterocycles. The number of nitro benzene ring substituents is 1. The Morgan fingerprint density at radius 1 is 1.27 bits per heavy atom. The molecule has 2 aromatic rings. The van der Waals surface area contributed by atoms with Gasteiger partial charge in [-0.3, -0.25) is 24.3 Å². The molecule has 0 N–H and O–H groups in total. The van der Waals surface area contributed by atoms with Gasteiger partial charge < -0.3 is 4.74 Å². The van der Waals surface area contributed by atoms with E-state index < -0.39 is 16.3 Å². The standard InChI is InChI=1S/C23H30N2O5/c1-14-10-16-18(17(21(26)30-5)11-15-8-6-7-9-15)13-24(22(27)23(2,3)4)20(16)12-19(14)25(28)29/h10,12-13,15,17H,6-9,11H2,1-5H3. The van der Waals surface area contributed by atoms with E-state index in [1.807, 2.05) is 0 Å². The van der Waals surface area contributed by atoms with Gasteiger partial charge in [-0.05, 0) is 30.9 Å². The number of ether oxygens (including phenoxy) is 1. The summed E-state index contributed by atoms with van der Waals surface area (Å²) in [6.45, 7) is 7.09. The minimum Gasteiger partial charge on any atom is -0.469 e. The van der Waals surface area contributed by atoms with E-state index in [0.717, 1.165) is 25.7 Å². The Morgan fingerprint density at radius 2 is 1.90 bits per heavy atom. The molecule has 162 valence electrons. The smallest absolute Gasteiger partial charge is 0.313 e. The molecule has 0 bridgehead atoms. The molecule has 0 amide bonds. The molecule has 1 aliphatic carbocycles. The topological polar surface area (TPSA) is 91.4 Å². The maximum absolute atomic E-state index is 13.1. The molecule has 0 aliphatic heterocycles. The van der Waals surface area contributed by atoms with E-state index in [1.165, 1.54) is 17.7 Å². The fourth-order valence-corrected chi connectivity index (χ4v) is 4.47. The number of hydrogen-bond donors (Lipinski definition) is 0. The van der Waals surface area contributed by atoms with Crippen molar-refractivity contribution in [3.05, 3.63) is 39.6 Å². The van der Waals surface area contributed by atoms with Crippen molar-refractivity contribution in [2.24, 2.45) is 11.3 Å². The largest absolute Gasteiger partial charge is 0.469 e. The first-order valence-corrected chi connectivity index (χ1v) is 10.5. The van der Waals surface area contributed by atoms with Gasteiger partial charge in [0.25, 0.3) is 5.69 Å². The Hall–Kier alpha value is -2.70. The quantitative estimate of drug-likeness (QED) is 0.372. The van der Waals surface area contributed by atoms with E-state index in [-0.39, 0.29) is 17.6 Å². The van der Waals surface area contributed by atoms with Crippen LogP contribution in [0.5, 0.6) is 0 Å². The molecule has 30 heavy (non-hydrogen) atoms. The maximum atomic E-state index is 13.1. The Morgan fingerprint density at radius 3 is 2.43 bits per heavy atom. The van der Waals surface area contributed by atoms with Crippen LogP contribution in [-0.2, 0) is 9.53 Å². The van der Waals surface area contributed by atoms with Crippen molar-refractivity contribution in [2.75, 3.05) is 7.11 Å². The van der Waals surface area contributed by atoms with Gasteiger partial charge >= 0.3 is 5.97 Å². The lowest BCUT2D eigenvalue weighted by Gasteiger charge is -2.19. The third-order valence-electron chi connectivity index (χ3n) is 6.11. The molecular formula is C23H30N2O5. The fraction of sp³-hybridized carbons (Fsp3) is 0.565. The number of carbonyl (C=O) groups is 2. The number of esters is 1. The van der Waals surface area contributed by atoms with Crippen LogP contribution in [0.3, 0.4) is 0 Å². The zero-order chi connectivity index (χ0) is 22.2. The number of aromatic nitrogens is 1. The number of aryl methyl sites for hydroxylation is 1. The first-order chi connectivity index (χ1) is 14.0. The normalized spacial score (nSPS) is 16.0. The third kappa shape index (κ3) is 4.11. The number of methoxy groups -OCH3 is 1. The molecule has 3 rings (SSSR count). The molecular weight excluding hydrogens is 384 g/mol. The van der Waals surface area contributed by atoms with Crippen LogP contribution in [0.4, 0.5) is 5.69 Å². The zero-order valence-electron chi connectivity index (χ0n) is 18.4. The average Bonchev–Trinajstić information content (AvgIpc) is 3.30. The van der Waals surface area contributed by atoms with Crippen molar-refractivity contribution in [3.8, 4) is 0 Å². The molecule has 7 nitrogen and oxygen atoms in total. The van der Waals surface area contributed by atoms with E-state index in [0.29, 0.717) is 34.4 Å². The van der Waals surface area contributed by atoms with Crippen LogP contribution in [0.2, 0.25) is 0 Å². The van der Waals surface area contributed by atoms with Crippen molar-refractivity contribution in [1.29, 1.82) is 0 Å². The third-order valence-corrected chi connectivity index (χ3v) is 6.11. The van der Waals surface area contributed by atoms with Crippen molar-refractivity contribution < 1.29 is 19.2 Å².